The van der Waals surface area contributed by atoms with Crippen molar-refractivity contribution in [3.63, 3.8) is 0 Å². The molecule has 0 aliphatic heterocycles. The topological polar surface area (TPSA) is 61.1 Å². The van der Waals surface area contributed by atoms with Crippen LogP contribution in [0, 0.1) is 23.2 Å². The number of rotatable bonds is 1. The highest BCUT2D eigenvalue weighted by Gasteiger charge is 2.32. The maximum Gasteiger partial charge on any atom is 0.307 e. The highest BCUT2D eigenvalue weighted by molar-refractivity contribution is 5.71. The molecule has 0 aromatic heterocycles. The van der Waals surface area contributed by atoms with Gasteiger partial charge in [0.1, 0.15) is 0 Å². The van der Waals surface area contributed by atoms with Gasteiger partial charge in [0, 0.05) is 0 Å². The van der Waals surface area contributed by atoms with Crippen LogP contribution >= 0.6 is 0 Å². The summed E-state index contributed by atoms with van der Waals surface area (Å²) in [7, 11) is 0. The molecule has 1 fully saturated rings. The van der Waals surface area contributed by atoms with E-state index in [1.165, 1.54) is 0 Å². The third-order valence-electron chi connectivity index (χ3n) is 2.00. The van der Waals surface area contributed by atoms with E-state index in [1.54, 1.807) is 0 Å². The van der Waals surface area contributed by atoms with Crippen LogP contribution in [0.5, 0.6) is 0 Å². The fourth-order valence-corrected chi connectivity index (χ4v) is 1.41. The molecular formula is C7H9NO2. The second-order valence-corrected chi connectivity index (χ2v) is 2.61. The first kappa shape index (κ1) is 7.07. The first-order chi connectivity index (χ1) is 4.75. The molecule has 1 aliphatic rings. The molecular weight excluding hydrogens is 130 g/mol. The van der Waals surface area contributed by atoms with Crippen LogP contribution in [0.15, 0.2) is 0 Å². The zero-order chi connectivity index (χ0) is 7.56. The van der Waals surface area contributed by atoms with Crippen LogP contribution in [0.4, 0.5) is 0 Å². The molecule has 2 unspecified atom stereocenters. The lowest BCUT2D eigenvalue weighted by atomic mass is 9.98. The van der Waals surface area contributed by atoms with E-state index in [0.29, 0.717) is 6.42 Å². The maximum absolute atomic E-state index is 10.4. The average Bonchev–Trinajstić information content (AvgIpc) is 2.33. The Hall–Kier alpha value is -1.04. The Bertz CT molecular complexity index is 183. The zero-order valence-electron chi connectivity index (χ0n) is 5.58. The standard InChI is InChI=1S/C7H9NO2/c8-4-5-2-1-3-6(5)7(9)10/h5-6H,1-3H2,(H,9,10). The Morgan fingerprint density at radius 2 is 2.30 bits per heavy atom. The summed E-state index contributed by atoms with van der Waals surface area (Å²) in [6.45, 7) is 0. The molecule has 0 radical (unpaired) electrons. The molecule has 3 nitrogen and oxygen atoms in total. The van der Waals surface area contributed by atoms with Crippen LogP contribution in [0.2, 0.25) is 0 Å². The summed E-state index contributed by atoms with van der Waals surface area (Å²) in [6, 6.07) is 2.01. The van der Waals surface area contributed by atoms with E-state index < -0.39 is 11.9 Å². The minimum Gasteiger partial charge on any atom is -0.481 e. The second kappa shape index (κ2) is 2.70. The number of nitriles is 1. The zero-order valence-corrected chi connectivity index (χ0v) is 5.58. The van der Waals surface area contributed by atoms with Gasteiger partial charge in [-0.05, 0) is 12.8 Å². The lowest BCUT2D eigenvalue weighted by Crippen LogP contribution is -2.16. The van der Waals surface area contributed by atoms with E-state index in [4.69, 9.17) is 10.4 Å². The van der Waals surface area contributed by atoms with E-state index in [0.717, 1.165) is 12.8 Å². The van der Waals surface area contributed by atoms with Gasteiger partial charge in [0.25, 0.3) is 0 Å². The van der Waals surface area contributed by atoms with E-state index in [9.17, 15) is 4.79 Å². The smallest absolute Gasteiger partial charge is 0.307 e. The molecule has 1 N–H and O–H groups in total. The first-order valence-corrected chi connectivity index (χ1v) is 3.38. The van der Waals surface area contributed by atoms with E-state index in [1.807, 2.05) is 6.07 Å². The van der Waals surface area contributed by atoms with Crippen molar-refractivity contribution < 1.29 is 9.90 Å². The number of nitrogens with zero attached hydrogens (tertiary/aromatic N) is 1. The fraction of sp³-hybridized carbons (Fsp3) is 0.714. The molecule has 0 aromatic rings. The molecule has 0 amide bonds. The SMILES string of the molecule is N#CC1CCCC1C(=O)O. The molecule has 0 bridgehead atoms. The van der Waals surface area contributed by atoms with Crippen LogP contribution in [0.3, 0.4) is 0 Å². The molecule has 1 rings (SSSR count). The summed E-state index contributed by atoms with van der Waals surface area (Å²) in [4.78, 5) is 10.4. The third-order valence-corrected chi connectivity index (χ3v) is 2.00. The molecule has 54 valence electrons. The Morgan fingerprint density at radius 3 is 2.70 bits per heavy atom. The Morgan fingerprint density at radius 1 is 1.60 bits per heavy atom. The average molecular weight is 139 g/mol. The van der Waals surface area contributed by atoms with Gasteiger partial charge in [0.2, 0.25) is 0 Å². The number of aliphatic carboxylic acids is 1. The Labute approximate surface area is 59.3 Å². The van der Waals surface area contributed by atoms with Crippen molar-refractivity contribution in [1.82, 2.24) is 0 Å². The largest absolute Gasteiger partial charge is 0.481 e. The van der Waals surface area contributed by atoms with Crippen LogP contribution in [-0.4, -0.2) is 11.1 Å². The summed E-state index contributed by atoms with van der Waals surface area (Å²) in [5.41, 5.74) is 0. The molecule has 3 heteroatoms. The van der Waals surface area contributed by atoms with Crippen LogP contribution in [0.1, 0.15) is 19.3 Å². The molecule has 1 saturated carbocycles. The Kier molecular flexibility index (Phi) is 1.91. The summed E-state index contributed by atoms with van der Waals surface area (Å²) < 4.78 is 0. The number of hydrogen-bond acceptors (Lipinski definition) is 2. The van der Waals surface area contributed by atoms with Crippen molar-refractivity contribution in [2.75, 3.05) is 0 Å². The van der Waals surface area contributed by atoms with Crippen molar-refractivity contribution in [2.24, 2.45) is 11.8 Å². The van der Waals surface area contributed by atoms with Crippen molar-refractivity contribution in [3.05, 3.63) is 0 Å². The van der Waals surface area contributed by atoms with Crippen molar-refractivity contribution >= 4 is 5.97 Å². The molecule has 0 spiro atoms. The number of hydrogen-bond donors (Lipinski definition) is 1. The second-order valence-electron chi connectivity index (χ2n) is 2.61. The normalized spacial score (nSPS) is 31.5. The molecule has 0 aromatic carbocycles. The van der Waals surface area contributed by atoms with Crippen molar-refractivity contribution in [1.29, 1.82) is 5.26 Å². The monoisotopic (exact) mass is 139 g/mol. The van der Waals surface area contributed by atoms with E-state index in [-0.39, 0.29) is 5.92 Å². The van der Waals surface area contributed by atoms with Gasteiger partial charge in [0.15, 0.2) is 0 Å². The van der Waals surface area contributed by atoms with Gasteiger partial charge in [-0.3, -0.25) is 4.79 Å². The van der Waals surface area contributed by atoms with Gasteiger partial charge >= 0.3 is 5.97 Å². The van der Waals surface area contributed by atoms with Gasteiger partial charge < -0.3 is 5.11 Å². The predicted octanol–water partition coefficient (Wildman–Crippen LogP) is 1.01. The highest BCUT2D eigenvalue weighted by atomic mass is 16.4. The summed E-state index contributed by atoms with van der Waals surface area (Å²) in [5.74, 6) is -1.45. The molecule has 2 atom stereocenters. The highest BCUT2D eigenvalue weighted by Crippen LogP contribution is 2.30. The Balaban J connectivity index is 2.61. The molecule has 10 heavy (non-hydrogen) atoms. The number of carboxylic acid groups (broad SMARTS) is 1. The summed E-state index contributed by atoms with van der Waals surface area (Å²) >= 11 is 0. The molecule has 0 saturated heterocycles. The lowest BCUT2D eigenvalue weighted by Gasteiger charge is -2.04. The quantitative estimate of drug-likeness (QED) is 0.589. The summed E-state index contributed by atoms with van der Waals surface area (Å²) in [6.07, 6.45) is 2.32. The van der Waals surface area contributed by atoms with Crippen molar-refractivity contribution in [2.45, 2.75) is 19.3 Å². The van der Waals surface area contributed by atoms with E-state index in [2.05, 4.69) is 0 Å². The minimum atomic E-state index is -0.816. The van der Waals surface area contributed by atoms with Crippen LogP contribution in [-0.2, 0) is 4.79 Å². The maximum atomic E-state index is 10.4. The summed E-state index contributed by atoms with van der Waals surface area (Å²) in [5, 5.41) is 17.0. The van der Waals surface area contributed by atoms with Gasteiger partial charge in [0.05, 0.1) is 17.9 Å². The van der Waals surface area contributed by atoms with Gasteiger partial charge in [-0.1, -0.05) is 6.42 Å². The predicted molar refractivity (Wildman–Crippen MR) is 34.1 cm³/mol. The van der Waals surface area contributed by atoms with Crippen molar-refractivity contribution in [3.8, 4) is 6.07 Å². The minimum absolute atomic E-state index is 0.238. The van der Waals surface area contributed by atoms with Gasteiger partial charge in [-0.2, -0.15) is 5.26 Å². The van der Waals surface area contributed by atoms with Crippen LogP contribution < -0.4 is 0 Å². The molecule has 0 heterocycles. The van der Waals surface area contributed by atoms with Gasteiger partial charge in [-0.15, -0.1) is 0 Å². The fourth-order valence-electron chi connectivity index (χ4n) is 1.41. The number of carboxylic acids is 1. The van der Waals surface area contributed by atoms with E-state index >= 15 is 0 Å². The first-order valence-electron chi connectivity index (χ1n) is 3.38. The third kappa shape index (κ3) is 1.10. The van der Waals surface area contributed by atoms with Crippen LogP contribution in [0.25, 0.3) is 0 Å². The molecule has 1 aliphatic carbocycles. The lowest BCUT2D eigenvalue weighted by molar-refractivity contribution is -0.142. The van der Waals surface area contributed by atoms with Gasteiger partial charge in [-0.25, -0.2) is 0 Å². The number of carbonyl (C=O) groups is 1.